The largest absolute Gasteiger partial charge is 0.376 e. The molecule has 0 saturated carbocycles. The molecule has 0 radical (unpaired) electrons. The zero-order valence-corrected chi connectivity index (χ0v) is 17.6. The molecule has 1 aliphatic heterocycles. The number of hydrogen-bond acceptors (Lipinski definition) is 5. The van der Waals surface area contributed by atoms with Crippen molar-refractivity contribution in [3.05, 3.63) is 66.6 Å². The number of carbonyl (C=O) groups excluding carboxylic acids is 1. The third-order valence-electron chi connectivity index (χ3n) is 4.81. The molecule has 4 rings (SSSR count). The second-order valence-corrected chi connectivity index (χ2v) is 8.11. The minimum Gasteiger partial charge on any atom is -0.376 e. The molecule has 1 aliphatic rings. The van der Waals surface area contributed by atoms with Crippen LogP contribution in [0, 0.1) is 0 Å². The molecule has 158 valence electrons. The van der Waals surface area contributed by atoms with Gasteiger partial charge in [-0.1, -0.05) is 18.2 Å². The molecule has 1 saturated heterocycles. The van der Waals surface area contributed by atoms with Gasteiger partial charge in [0.1, 0.15) is 5.82 Å². The summed E-state index contributed by atoms with van der Waals surface area (Å²) in [7, 11) is 0. The maximum atomic E-state index is 12.1. The van der Waals surface area contributed by atoms with Gasteiger partial charge in [-0.3, -0.25) is 4.79 Å². The molecule has 0 aliphatic carbocycles. The van der Waals surface area contributed by atoms with E-state index >= 15 is 0 Å². The smallest absolute Gasteiger partial charge is 0.220 e. The second-order valence-electron chi connectivity index (χ2n) is 7.01. The Morgan fingerprint density at radius 3 is 2.77 bits per heavy atom. The minimum absolute atomic E-state index is 0.0386. The number of aromatic nitrogens is 3. The average Bonchev–Trinajstić information content (AvgIpc) is 3.46. The van der Waals surface area contributed by atoms with E-state index in [0.717, 1.165) is 28.6 Å². The zero-order valence-electron chi connectivity index (χ0n) is 16.8. The number of carbonyl (C=O) groups is 1. The summed E-state index contributed by atoms with van der Waals surface area (Å²) in [6.45, 7) is 2.28. The van der Waals surface area contributed by atoms with Crippen LogP contribution >= 0.6 is 11.8 Å². The predicted molar refractivity (Wildman–Crippen MR) is 117 cm³/mol. The SMILES string of the molecule is O=C(CCSCc1cnn(-c2ccccc2)c1-n1cccc1)NCC1COCCO1. The summed E-state index contributed by atoms with van der Waals surface area (Å²) < 4.78 is 14.9. The van der Waals surface area contributed by atoms with Crippen molar-refractivity contribution in [1.29, 1.82) is 0 Å². The van der Waals surface area contributed by atoms with Crippen LogP contribution in [-0.4, -0.2) is 58.5 Å². The fraction of sp³-hybridized carbons (Fsp3) is 0.364. The lowest BCUT2D eigenvalue weighted by Crippen LogP contribution is -2.39. The predicted octanol–water partition coefficient (Wildman–Crippen LogP) is 2.82. The fourth-order valence-electron chi connectivity index (χ4n) is 3.30. The van der Waals surface area contributed by atoms with Crippen molar-refractivity contribution in [3.63, 3.8) is 0 Å². The Labute approximate surface area is 180 Å². The summed E-state index contributed by atoms with van der Waals surface area (Å²) in [4.78, 5) is 12.1. The second kappa shape index (κ2) is 10.5. The highest BCUT2D eigenvalue weighted by Gasteiger charge is 2.16. The van der Waals surface area contributed by atoms with Crippen LogP contribution in [0.2, 0.25) is 0 Å². The van der Waals surface area contributed by atoms with Crippen LogP contribution in [-0.2, 0) is 20.0 Å². The van der Waals surface area contributed by atoms with E-state index in [0.29, 0.717) is 32.8 Å². The summed E-state index contributed by atoms with van der Waals surface area (Å²) in [6, 6.07) is 14.1. The van der Waals surface area contributed by atoms with Crippen LogP contribution in [0.4, 0.5) is 0 Å². The van der Waals surface area contributed by atoms with Crippen molar-refractivity contribution in [2.45, 2.75) is 18.3 Å². The number of hydrogen-bond donors (Lipinski definition) is 1. The number of para-hydroxylation sites is 1. The first kappa shape index (κ1) is 20.7. The van der Waals surface area contributed by atoms with Gasteiger partial charge in [0.15, 0.2) is 0 Å². The van der Waals surface area contributed by atoms with E-state index in [1.165, 1.54) is 0 Å². The van der Waals surface area contributed by atoms with Crippen molar-refractivity contribution in [1.82, 2.24) is 19.7 Å². The topological polar surface area (TPSA) is 70.3 Å². The molecule has 1 atom stereocenters. The number of thioether (sulfide) groups is 1. The molecular weight excluding hydrogens is 400 g/mol. The van der Waals surface area contributed by atoms with Crippen LogP contribution in [0.5, 0.6) is 0 Å². The Morgan fingerprint density at radius 1 is 1.17 bits per heavy atom. The molecule has 0 bridgehead atoms. The molecular formula is C22H26N4O3S. The molecule has 1 fully saturated rings. The van der Waals surface area contributed by atoms with E-state index in [9.17, 15) is 4.79 Å². The van der Waals surface area contributed by atoms with E-state index in [-0.39, 0.29) is 12.0 Å². The molecule has 8 heteroatoms. The van der Waals surface area contributed by atoms with E-state index in [2.05, 4.69) is 15.0 Å². The lowest BCUT2D eigenvalue weighted by atomic mass is 10.3. The van der Waals surface area contributed by atoms with Gasteiger partial charge in [-0.05, 0) is 24.3 Å². The van der Waals surface area contributed by atoms with Crippen LogP contribution < -0.4 is 5.32 Å². The molecule has 2 aromatic heterocycles. The first-order valence-corrected chi connectivity index (χ1v) is 11.3. The van der Waals surface area contributed by atoms with Crippen LogP contribution in [0.25, 0.3) is 11.5 Å². The molecule has 1 unspecified atom stereocenters. The molecule has 30 heavy (non-hydrogen) atoms. The van der Waals surface area contributed by atoms with Crippen LogP contribution in [0.15, 0.2) is 61.1 Å². The van der Waals surface area contributed by atoms with Gasteiger partial charge < -0.3 is 19.4 Å². The van der Waals surface area contributed by atoms with Crippen molar-refractivity contribution < 1.29 is 14.3 Å². The quantitative estimate of drug-likeness (QED) is 0.533. The zero-order chi connectivity index (χ0) is 20.6. The average molecular weight is 427 g/mol. The van der Waals surface area contributed by atoms with Gasteiger partial charge in [0.2, 0.25) is 5.91 Å². The number of ether oxygens (including phenoxy) is 2. The lowest BCUT2D eigenvalue weighted by molar-refractivity contribution is -0.123. The summed E-state index contributed by atoms with van der Waals surface area (Å²) in [5, 5.41) is 7.55. The Kier molecular flexibility index (Phi) is 7.23. The monoisotopic (exact) mass is 426 g/mol. The number of benzene rings is 1. The molecule has 0 spiro atoms. The normalized spacial score (nSPS) is 16.5. The van der Waals surface area contributed by atoms with E-state index in [1.807, 2.05) is 65.7 Å². The van der Waals surface area contributed by atoms with Gasteiger partial charge in [0, 0.05) is 42.4 Å². The fourth-order valence-corrected chi connectivity index (χ4v) is 4.20. The molecule has 3 aromatic rings. The first-order chi connectivity index (χ1) is 14.8. The number of nitrogens with one attached hydrogen (secondary N) is 1. The van der Waals surface area contributed by atoms with Gasteiger partial charge in [0.25, 0.3) is 0 Å². The number of rotatable bonds is 9. The molecule has 7 nitrogen and oxygen atoms in total. The van der Waals surface area contributed by atoms with Gasteiger partial charge in [0.05, 0.1) is 37.8 Å². The lowest BCUT2D eigenvalue weighted by Gasteiger charge is -2.23. The Hall–Kier alpha value is -2.55. The van der Waals surface area contributed by atoms with Crippen LogP contribution in [0.1, 0.15) is 12.0 Å². The molecule has 1 N–H and O–H groups in total. The summed E-state index contributed by atoms with van der Waals surface area (Å²) in [5.41, 5.74) is 2.15. The summed E-state index contributed by atoms with van der Waals surface area (Å²) in [6.07, 6.45) is 6.40. The van der Waals surface area contributed by atoms with E-state index < -0.39 is 0 Å². The van der Waals surface area contributed by atoms with Crippen molar-refractivity contribution in [3.8, 4) is 11.5 Å². The molecule has 1 amide bonds. The highest BCUT2D eigenvalue weighted by molar-refractivity contribution is 7.98. The van der Waals surface area contributed by atoms with Gasteiger partial charge in [-0.15, -0.1) is 0 Å². The third kappa shape index (κ3) is 5.33. The van der Waals surface area contributed by atoms with Gasteiger partial charge >= 0.3 is 0 Å². The first-order valence-electron chi connectivity index (χ1n) is 10.1. The summed E-state index contributed by atoms with van der Waals surface area (Å²) in [5.74, 6) is 2.60. The Bertz CT molecular complexity index is 921. The molecule has 1 aromatic carbocycles. The minimum atomic E-state index is -0.0386. The van der Waals surface area contributed by atoms with E-state index in [1.54, 1.807) is 11.8 Å². The van der Waals surface area contributed by atoms with E-state index in [4.69, 9.17) is 9.47 Å². The maximum Gasteiger partial charge on any atom is 0.220 e. The Morgan fingerprint density at radius 2 is 2.00 bits per heavy atom. The number of nitrogens with zero attached hydrogens (tertiary/aromatic N) is 3. The van der Waals surface area contributed by atoms with Gasteiger partial charge in [-0.25, -0.2) is 4.68 Å². The standard InChI is InChI=1S/C22H26N4O3S/c27-21(23-15-20-16-28-11-12-29-20)8-13-30-17-18-14-24-26(19-6-2-1-3-7-19)22(18)25-9-4-5-10-25/h1-7,9-10,14,20H,8,11-13,15-17H2,(H,23,27). The Balaban J connectivity index is 1.31. The maximum absolute atomic E-state index is 12.1. The summed E-state index contributed by atoms with van der Waals surface area (Å²) >= 11 is 1.73. The highest BCUT2D eigenvalue weighted by Crippen LogP contribution is 2.23. The number of amides is 1. The third-order valence-corrected chi connectivity index (χ3v) is 5.82. The highest BCUT2D eigenvalue weighted by atomic mass is 32.2. The van der Waals surface area contributed by atoms with Crippen molar-refractivity contribution in [2.24, 2.45) is 0 Å². The van der Waals surface area contributed by atoms with Gasteiger partial charge in [-0.2, -0.15) is 16.9 Å². The molecule has 3 heterocycles. The van der Waals surface area contributed by atoms with Crippen molar-refractivity contribution in [2.75, 3.05) is 32.1 Å². The van der Waals surface area contributed by atoms with Crippen molar-refractivity contribution >= 4 is 17.7 Å². The van der Waals surface area contributed by atoms with Crippen LogP contribution in [0.3, 0.4) is 0 Å².